The van der Waals surface area contributed by atoms with Gasteiger partial charge in [0.05, 0.1) is 10.7 Å². The molecule has 1 saturated heterocycles. The van der Waals surface area contributed by atoms with E-state index < -0.39 is 6.61 Å². The third kappa shape index (κ3) is 3.60. The molecule has 150 valence electrons. The fourth-order valence-electron chi connectivity index (χ4n) is 3.32. The van der Waals surface area contributed by atoms with E-state index >= 15 is 0 Å². The van der Waals surface area contributed by atoms with E-state index in [9.17, 15) is 8.78 Å². The summed E-state index contributed by atoms with van der Waals surface area (Å²) in [4.78, 5) is 11.2. The maximum absolute atomic E-state index is 12.7. The number of rotatable bonds is 6. The van der Waals surface area contributed by atoms with Gasteiger partial charge in [0.25, 0.3) is 0 Å². The fraction of sp³-hybridized carbons (Fsp3) is 0.529. The molecule has 28 heavy (non-hydrogen) atoms. The standard InChI is InChI=1S/C17H20ClF2N7O/c1-10-11(18)9-12(28-16(19)20)15-21-13(23-27(10)15)5-6-14-22-17(24-25(14)2)26-7-3-4-8-26/h9,16H,3-8H2,1-2H3. The van der Waals surface area contributed by atoms with E-state index in [-0.39, 0.29) is 16.4 Å². The lowest BCUT2D eigenvalue weighted by Crippen LogP contribution is -2.19. The van der Waals surface area contributed by atoms with Gasteiger partial charge in [0, 0.05) is 39.0 Å². The van der Waals surface area contributed by atoms with Gasteiger partial charge >= 0.3 is 6.61 Å². The van der Waals surface area contributed by atoms with Gasteiger partial charge in [-0.3, -0.25) is 4.68 Å². The Morgan fingerprint density at radius 1 is 1.18 bits per heavy atom. The van der Waals surface area contributed by atoms with Gasteiger partial charge in [-0.05, 0) is 19.8 Å². The number of hydrogen-bond acceptors (Lipinski definition) is 6. The lowest BCUT2D eigenvalue weighted by atomic mass is 10.3. The van der Waals surface area contributed by atoms with Crippen molar-refractivity contribution >= 4 is 23.2 Å². The monoisotopic (exact) mass is 411 g/mol. The van der Waals surface area contributed by atoms with Crippen LogP contribution in [0.4, 0.5) is 14.7 Å². The Morgan fingerprint density at radius 2 is 1.93 bits per heavy atom. The van der Waals surface area contributed by atoms with Crippen molar-refractivity contribution in [3.8, 4) is 5.75 Å². The van der Waals surface area contributed by atoms with E-state index in [0.29, 0.717) is 24.4 Å². The Morgan fingerprint density at radius 3 is 2.64 bits per heavy atom. The number of fused-ring (bicyclic) bond motifs is 1. The van der Waals surface area contributed by atoms with Gasteiger partial charge in [-0.2, -0.15) is 18.9 Å². The van der Waals surface area contributed by atoms with E-state index in [1.807, 2.05) is 7.05 Å². The number of alkyl halides is 2. The van der Waals surface area contributed by atoms with Crippen molar-refractivity contribution in [1.29, 1.82) is 0 Å². The Balaban J connectivity index is 1.56. The number of aromatic nitrogens is 6. The highest BCUT2D eigenvalue weighted by Crippen LogP contribution is 2.28. The maximum atomic E-state index is 12.7. The van der Waals surface area contributed by atoms with Crippen molar-refractivity contribution in [2.75, 3.05) is 18.0 Å². The summed E-state index contributed by atoms with van der Waals surface area (Å²) in [6, 6.07) is 1.34. The molecule has 0 saturated carbocycles. The van der Waals surface area contributed by atoms with Gasteiger partial charge in [0.1, 0.15) is 5.82 Å². The molecular formula is C17H20ClF2N7O. The molecule has 1 aliphatic heterocycles. The lowest BCUT2D eigenvalue weighted by molar-refractivity contribution is -0.0491. The summed E-state index contributed by atoms with van der Waals surface area (Å²) < 4.78 is 33.1. The number of pyridine rings is 1. The highest BCUT2D eigenvalue weighted by molar-refractivity contribution is 6.31. The number of halogens is 3. The van der Waals surface area contributed by atoms with Crippen LogP contribution in [-0.4, -0.2) is 49.1 Å². The molecule has 1 aliphatic rings. The quantitative estimate of drug-likeness (QED) is 0.621. The van der Waals surface area contributed by atoms with Crippen LogP contribution >= 0.6 is 11.6 Å². The molecule has 0 N–H and O–H groups in total. The zero-order valence-electron chi connectivity index (χ0n) is 15.6. The SMILES string of the molecule is Cc1c(Cl)cc(OC(F)F)c2nc(CCc3nc(N4CCCC4)nn3C)nn12. The van der Waals surface area contributed by atoms with Gasteiger partial charge in [-0.25, -0.2) is 9.50 Å². The molecule has 0 atom stereocenters. The molecule has 1 fully saturated rings. The summed E-state index contributed by atoms with van der Waals surface area (Å²) in [5, 5.41) is 9.16. The van der Waals surface area contributed by atoms with E-state index in [1.165, 1.54) is 10.6 Å². The van der Waals surface area contributed by atoms with Gasteiger partial charge < -0.3 is 9.64 Å². The van der Waals surface area contributed by atoms with Crippen LogP contribution in [0.3, 0.4) is 0 Å². The third-order valence-electron chi connectivity index (χ3n) is 4.81. The number of ether oxygens (including phenoxy) is 1. The Hall–Kier alpha value is -2.49. The van der Waals surface area contributed by atoms with E-state index in [2.05, 4.69) is 29.8 Å². The van der Waals surface area contributed by atoms with Crippen LogP contribution in [0.2, 0.25) is 5.02 Å². The molecule has 8 nitrogen and oxygen atoms in total. The number of aryl methyl sites for hydroxylation is 4. The lowest BCUT2D eigenvalue weighted by Gasteiger charge is -2.10. The number of hydrogen-bond donors (Lipinski definition) is 0. The van der Waals surface area contributed by atoms with Crippen molar-refractivity contribution in [2.24, 2.45) is 7.05 Å². The normalized spacial score (nSPS) is 14.6. The third-order valence-corrected chi connectivity index (χ3v) is 5.19. The molecular weight excluding hydrogens is 392 g/mol. The average Bonchev–Trinajstić information content (AvgIpc) is 3.37. The molecule has 0 aromatic carbocycles. The highest BCUT2D eigenvalue weighted by atomic mass is 35.5. The van der Waals surface area contributed by atoms with Crippen molar-refractivity contribution < 1.29 is 13.5 Å². The predicted molar refractivity (Wildman–Crippen MR) is 99.2 cm³/mol. The van der Waals surface area contributed by atoms with Crippen LogP contribution < -0.4 is 9.64 Å². The molecule has 0 aliphatic carbocycles. The minimum absolute atomic E-state index is 0.0978. The smallest absolute Gasteiger partial charge is 0.387 e. The van der Waals surface area contributed by atoms with Crippen LogP contribution in [-0.2, 0) is 19.9 Å². The summed E-state index contributed by atoms with van der Waals surface area (Å²) in [6.07, 6.45) is 3.37. The van der Waals surface area contributed by atoms with Crippen LogP contribution in [0.1, 0.15) is 30.2 Å². The molecule has 0 amide bonds. The summed E-state index contributed by atoms with van der Waals surface area (Å²) in [5.74, 6) is 1.96. The fourth-order valence-corrected chi connectivity index (χ4v) is 3.50. The summed E-state index contributed by atoms with van der Waals surface area (Å²) in [7, 11) is 1.86. The molecule has 0 unspecified atom stereocenters. The van der Waals surface area contributed by atoms with Crippen molar-refractivity contribution in [2.45, 2.75) is 39.2 Å². The second kappa shape index (κ2) is 7.50. The summed E-state index contributed by atoms with van der Waals surface area (Å²) in [6.45, 7) is 0.727. The van der Waals surface area contributed by atoms with E-state index in [0.717, 1.165) is 37.7 Å². The highest BCUT2D eigenvalue weighted by Gasteiger charge is 2.20. The largest absolute Gasteiger partial charge is 0.431 e. The first-order valence-corrected chi connectivity index (χ1v) is 9.44. The Kier molecular flexibility index (Phi) is 5.05. The number of anilines is 1. The van der Waals surface area contributed by atoms with Crippen molar-refractivity contribution in [3.05, 3.63) is 28.4 Å². The summed E-state index contributed by atoms with van der Waals surface area (Å²) >= 11 is 6.10. The molecule has 3 aromatic rings. The Bertz CT molecular complexity index is 997. The second-order valence-electron chi connectivity index (χ2n) is 6.73. The van der Waals surface area contributed by atoms with Crippen LogP contribution in [0, 0.1) is 6.92 Å². The molecule has 0 spiro atoms. The predicted octanol–water partition coefficient (Wildman–Crippen LogP) is 2.81. The second-order valence-corrected chi connectivity index (χ2v) is 7.14. The Labute approximate surface area is 165 Å². The van der Waals surface area contributed by atoms with Crippen LogP contribution in [0.5, 0.6) is 5.75 Å². The van der Waals surface area contributed by atoms with Crippen LogP contribution in [0.15, 0.2) is 6.07 Å². The molecule has 4 rings (SSSR count). The van der Waals surface area contributed by atoms with Gasteiger partial charge in [0.2, 0.25) is 5.95 Å². The first kappa shape index (κ1) is 18.9. The first-order chi connectivity index (χ1) is 13.4. The summed E-state index contributed by atoms with van der Waals surface area (Å²) in [5.41, 5.74) is 0.819. The average molecular weight is 412 g/mol. The van der Waals surface area contributed by atoms with Gasteiger partial charge in [0.15, 0.2) is 17.2 Å². The zero-order valence-corrected chi connectivity index (χ0v) is 16.3. The molecule has 3 aromatic heterocycles. The van der Waals surface area contributed by atoms with Crippen LogP contribution in [0.25, 0.3) is 5.65 Å². The van der Waals surface area contributed by atoms with Gasteiger partial charge in [-0.15, -0.1) is 5.10 Å². The van der Waals surface area contributed by atoms with E-state index in [1.54, 1.807) is 11.6 Å². The maximum Gasteiger partial charge on any atom is 0.387 e. The molecule has 4 heterocycles. The molecule has 0 bridgehead atoms. The van der Waals surface area contributed by atoms with Gasteiger partial charge in [-0.1, -0.05) is 11.6 Å². The zero-order chi connectivity index (χ0) is 19.8. The molecule has 0 radical (unpaired) electrons. The van der Waals surface area contributed by atoms with Crippen molar-refractivity contribution in [1.82, 2.24) is 29.4 Å². The number of nitrogens with zero attached hydrogens (tertiary/aromatic N) is 7. The first-order valence-electron chi connectivity index (χ1n) is 9.07. The van der Waals surface area contributed by atoms with E-state index in [4.69, 9.17) is 11.6 Å². The van der Waals surface area contributed by atoms with Crippen molar-refractivity contribution in [3.63, 3.8) is 0 Å². The molecule has 11 heteroatoms. The minimum atomic E-state index is -2.97. The topological polar surface area (TPSA) is 73.4 Å². The minimum Gasteiger partial charge on any atom is -0.431 e.